The highest BCUT2D eigenvalue weighted by Gasteiger charge is 2.26. The Morgan fingerprint density at radius 2 is 1.95 bits per heavy atom. The maximum Gasteiger partial charge on any atom is 0.309 e. The predicted molar refractivity (Wildman–Crippen MR) is 73.6 cm³/mol. The van der Waals surface area contributed by atoms with E-state index in [1.807, 2.05) is 6.92 Å². The molecule has 0 bridgehead atoms. The molecule has 0 spiro atoms. The smallest absolute Gasteiger partial charge is 0.309 e. The van der Waals surface area contributed by atoms with Crippen molar-refractivity contribution >= 4 is 5.97 Å². The summed E-state index contributed by atoms with van der Waals surface area (Å²) in [5, 5.41) is 12.3. The lowest BCUT2D eigenvalue weighted by molar-refractivity contribution is -0.147. The van der Waals surface area contributed by atoms with Crippen molar-refractivity contribution in [2.45, 2.75) is 39.7 Å². The monoisotopic (exact) mass is 267 g/mol. The van der Waals surface area contributed by atoms with Gasteiger partial charge in [0.15, 0.2) is 0 Å². The van der Waals surface area contributed by atoms with E-state index >= 15 is 0 Å². The van der Waals surface area contributed by atoms with Crippen molar-refractivity contribution in [2.75, 3.05) is 6.54 Å². The molecule has 2 N–H and O–H groups in total. The molecule has 0 aliphatic heterocycles. The fraction of sp³-hybridized carbons (Fsp3) is 0.533. The van der Waals surface area contributed by atoms with Gasteiger partial charge < -0.3 is 10.4 Å². The van der Waals surface area contributed by atoms with Crippen molar-refractivity contribution < 1.29 is 14.3 Å². The molecular weight excluding hydrogens is 245 g/mol. The molecule has 0 aliphatic rings. The Kier molecular flexibility index (Phi) is 5.48. The topological polar surface area (TPSA) is 49.3 Å². The van der Waals surface area contributed by atoms with E-state index in [2.05, 4.69) is 5.32 Å². The number of nitrogens with one attached hydrogen (secondary N) is 1. The zero-order chi connectivity index (χ0) is 14.5. The van der Waals surface area contributed by atoms with Gasteiger partial charge in [-0.2, -0.15) is 0 Å². The highest BCUT2D eigenvalue weighted by atomic mass is 19.1. The Morgan fingerprint density at radius 3 is 2.47 bits per heavy atom. The van der Waals surface area contributed by atoms with Gasteiger partial charge in [0.05, 0.1) is 5.41 Å². The van der Waals surface area contributed by atoms with E-state index < -0.39 is 11.4 Å². The normalized spacial score (nSPS) is 13.3. The van der Waals surface area contributed by atoms with E-state index in [0.717, 1.165) is 12.0 Å². The van der Waals surface area contributed by atoms with Crippen molar-refractivity contribution in [3.05, 3.63) is 35.6 Å². The fourth-order valence-corrected chi connectivity index (χ4v) is 1.78. The van der Waals surface area contributed by atoms with E-state index in [0.29, 0.717) is 13.0 Å². The quantitative estimate of drug-likeness (QED) is 0.798. The summed E-state index contributed by atoms with van der Waals surface area (Å²) in [4.78, 5) is 11.0. The Labute approximate surface area is 113 Å². The molecule has 0 heterocycles. The van der Waals surface area contributed by atoms with Gasteiger partial charge in [-0.1, -0.05) is 12.1 Å². The number of benzene rings is 1. The van der Waals surface area contributed by atoms with Gasteiger partial charge in [0, 0.05) is 6.04 Å². The number of rotatable bonds is 7. The summed E-state index contributed by atoms with van der Waals surface area (Å²) in [6.07, 6.45) is 1.38. The molecule has 0 fully saturated rings. The molecule has 0 saturated carbocycles. The van der Waals surface area contributed by atoms with Gasteiger partial charge in [-0.25, -0.2) is 4.39 Å². The molecule has 1 aromatic carbocycles. The molecule has 1 rings (SSSR count). The van der Waals surface area contributed by atoms with Crippen LogP contribution in [0.1, 0.15) is 32.8 Å². The Morgan fingerprint density at radius 1 is 1.37 bits per heavy atom. The zero-order valence-electron chi connectivity index (χ0n) is 11.7. The number of aliphatic carboxylic acids is 1. The Balaban J connectivity index is 2.34. The maximum absolute atomic E-state index is 12.8. The van der Waals surface area contributed by atoms with E-state index in [9.17, 15) is 9.18 Å². The van der Waals surface area contributed by atoms with Crippen LogP contribution >= 0.6 is 0 Å². The fourth-order valence-electron chi connectivity index (χ4n) is 1.78. The molecule has 1 unspecified atom stereocenters. The molecule has 0 radical (unpaired) electrons. The molecule has 1 atom stereocenters. The molecule has 0 saturated heterocycles. The molecule has 4 heteroatoms. The molecule has 0 aliphatic carbocycles. The summed E-state index contributed by atoms with van der Waals surface area (Å²) in [6.45, 7) is 6.14. The Bertz CT molecular complexity index is 415. The zero-order valence-corrected chi connectivity index (χ0v) is 11.7. The van der Waals surface area contributed by atoms with Crippen LogP contribution in [0.2, 0.25) is 0 Å². The highest BCUT2D eigenvalue weighted by molar-refractivity contribution is 5.73. The lowest BCUT2D eigenvalue weighted by Gasteiger charge is -2.21. The van der Waals surface area contributed by atoms with Crippen LogP contribution < -0.4 is 5.32 Å². The van der Waals surface area contributed by atoms with E-state index in [1.54, 1.807) is 26.0 Å². The SMILES string of the molecule is CC(Cc1ccc(F)cc1)NCCC(C)(C)C(=O)O. The van der Waals surface area contributed by atoms with E-state index in [-0.39, 0.29) is 11.9 Å². The molecule has 3 nitrogen and oxygen atoms in total. The first-order valence-corrected chi connectivity index (χ1v) is 6.52. The molecule has 1 aromatic rings. The first kappa shape index (κ1) is 15.6. The minimum atomic E-state index is -0.777. The standard InChI is InChI=1S/C15H22FNO2/c1-11(10-12-4-6-13(16)7-5-12)17-9-8-15(2,3)14(18)19/h4-7,11,17H,8-10H2,1-3H3,(H,18,19). The van der Waals surface area contributed by atoms with E-state index in [1.165, 1.54) is 12.1 Å². The number of halogens is 1. The van der Waals surface area contributed by atoms with Crippen LogP contribution in [0, 0.1) is 11.2 Å². The third-order valence-electron chi connectivity index (χ3n) is 3.28. The van der Waals surface area contributed by atoms with Gasteiger partial charge in [0.25, 0.3) is 0 Å². The van der Waals surface area contributed by atoms with Crippen molar-refractivity contribution in [1.29, 1.82) is 0 Å². The van der Waals surface area contributed by atoms with Gasteiger partial charge in [-0.15, -0.1) is 0 Å². The summed E-state index contributed by atoms with van der Waals surface area (Å²) >= 11 is 0. The molecule has 106 valence electrons. The highest BCUT2D eigenvalue weighted by Crippen LogP contribution is 2.19. The molecule has 0 amide bonds. The van der Waals surface area contributed by atoms with Crippen LogP contribution in [0.3, 0.4) is 0 Å². The average Bonchev–Trinajstić information content (AvgIpc) is 2.31. The predicted octanol–water partition coefficient (Wildman–Crippen LogP) is 2.85. The first-order chi connectivity index (χ1) is 8.81. The van der Waals surface area contributed by atoms with Gasteiger partial charge in [-0.3, -0.25) is 4.79 Å². The van der Waals surface area contributed by atoms with Gasteiger partial charge in [0.1, 0.15) is 5.82 Å². The molecule has 19 heavy (non-hydrogen) atoms. The van der Waals surface area contributed by atoms with Gasteiger partial charge in [0.2, 0.25) is 0 Å². The van der Waals surface area contributed by atoms with Gasteiger partial charge >= 0.3 is 5.97 Å². The van der Waals surface area contributed by atoms with E-state index in [4.69, 9.17) is 5.11 Å². The van der Waals surface area contributed by atoms with Crippen molar-refractivity contribution in [1.82, 2.24) is 5.32 Å². The van der Waals surface area contributed by atoms with Crippen LogP contribution in [0.5, 0.6) is 0 Å². The second kappa shape index (κ2) is 6.66. The number of hydrogen-bond donors (Lipinski definition) is 2. The number of carbonyl (C=O) groups is 1. The lowest BCUT2D eigenvalue weighted by atomic mass is 9.89. The van der Waals surface area contributed by atoms with Crippen LogP contribution in [0.15, 0.2) is 24.3 Å². The second-order valence-corrected chi connectivity index (χ2v) is 5.62. The third kappa shape index (κ3) is 5.39. The summed E-state index contributed by atoms with van der Waals surface area (Å²) in [5.41, 5.74) is 0.363. The summed E-state index contributed by atoms with van der Waals surface area (Å²) in [5.74, 6) is -1.01. The molecular formula is C15H22FNO2. The summed E-state index contributed by atoms with van der Waals surface area (Å²) in [6, 6.07) is 6.68. The van der Waals surface area contributed by atoms with Crippen molar-refractivity contribution in [3.63, 3.8) is 0 Å². The van der Waals surface area contributed by atoms with Crippen LogP contribution in [-0.4, -0.2) is 23.7 Å². The van der Waals surface area contributed by atoms with Crippen LogP contribution in [0.4, 0.5) is 4.39 Å². The average molecular weight is 267 g/mol. The van der Waals surface area contributed by atoms with Gasteiger partial charge in [-0.05, 0) is 57.9 Å². The summed E-state index contributed by atoms with van der Waals surface area (Å²) in [7, 11) is 0. The third-order valence-corrected chi connectivity index (χ3v) is 3.28. The first-order valence-electron chi connectivity index (χ1n) is 6.52. The largest absolute Gasteiger partial charge is 0.481 e. The number of carboxylic acid groups (broad SMARTS) is 1. The van der Waals surface area contributed by atoms with Crippen molar-refractivity contribution in [2.24, 2.45) is 5.41 Å². The minimum absolute atomic E-state index is 0.229. The Hall–Kier alpha value is -1.42. The number of carboxylic acids is 1. The van der Waals surface area contributed by atoms with Crippen LogP contribution in [-0.2, 0) is 11.2 Å². The summed E-state index contributed by atoms with van der Waals surface area (Å²) < 4.78 is 12.8. The number of hydrogen-bond acceptors (Lipinski definition) is 2. The van der Waals surface area contributed by atoms with Crippen molar-refractivity contribution in [3.8, 4) is 0 Å². The molecule has 0 aromatic heterocycles. The minimum Gasteiger partial charge on any atom is -0.481 e. The maximum atomic E-state index is 12.8. The second-order valence-electron chi connectivity index (χ2n) is 5.62. The lowest BCUT2D eigenvalue weighted by Crippen LogP contribution is -2.34. The van der Waals surface area contributed by atoms with Crippen LogP contribution in [0.25, 0.3) is 0 Å².